The molecule has 4 nitrogen and oxygen atoms in total. The van der Waals surface area contributed by atoms with Crippen molar-refractivity contribution in [3.05, 3.63) is 59.9 Å². The quantitative estimate of drug-likeness (QED) is 0.879. The highest BCUT2D eigenvalue weighted by Gasteiger charge is 2.07. The lowest BCUT2D eigenvalue weighted by Crippen LogP contribution is -2.20. The van der Waals surface area contributed by atoms with Crippen molar-refractivity contribution < 1.29 is 18.7 Å². The van der Waals surface area contributed by atoms with Crippen molar-refractivity contribution in [3.8, 4) is 11.5 Å². The summed E-state index contributed by atoms with van der Waals surface area (Å²) in [5, 5.41) is 0. The maximum atomic E-state index is 13.5. The first kappa shape index (κ1) is 13.9. The summed E-state index contributed by atoms with van der Waals surface area (Å²) in [4.78, 5) is 10.7. The van der Waals surface area contributed by atoms with E-state index in [4.69, 9.17) is 15.2 Å². The number of primary amides is 1. The van der Waals surface area contributed by atoms with E-state index in [1.54, 1.807) is 42.5 Å². The van der Waals surface area contributed by atoms with E-state index in [0.29, 0.717) is 17.1 Å². The van der Waals surface area contributed by atoms with Crippen LogP contribution in [0.15, 0.2) is 48.5 Å². The fourth-order valence-corrected chi connectivity index (χ4v) is 1.61. The molecule has 0 aliphatic heterocycles. The average molecular weight is 275 g/mol. The van der Waals surface area contributed by atoms with Gasteiger partial charge in [-0.2, -0.15) is 0 Å². The lowest BCUT2D eigenvalue weighted by molar-refractivity contribution is -0.119. The highest BCUT2D eigenvalue weighted by atomic mass is 19.1. The number of rotatable bonds is 6. The molecule has 2 aromatic carbocycles. The molecular weight excluding hydrogens is 261 g/mol. The summed E-state index contributed by atoms with van der Waals surface area (Å²) in [6, 6.07) is 13.2. The van der Waals surface area contributed by atoms with Crippen LogP contribution in [0.3, 0.4) is 0 Å². The Balaban J connectivity index is 2.06. The van der Waals surface area contributed by atoms with E-state index in [0.717, 1.165) is 0 Å². The first-order chi connectivity index (χ1) is 9.66. The Hall–Kier alpha value is -2.56. The molecule has 0 saturated heterocycles. The summed E-state index contributed by atoms with van der Waals surface area (Å²) < 4.78 is 24.2. The molecule has 2 N–H and O–H groups in total. The average Bonchev–Trinajstić information content (AvgIpc) is 2.45. The molecule has 20 heavy (non-hydrogen) atoms. The predicted molar refractivity (Wildman–Crippen MR) is 71.9 cm³/mol. The molecule has 0 fully saturated rings. The molecule has 2 aromatic rings. The van der Waals surface area contributed by atoms with Crippen LogP contribution in [0.5, 0.6) is 11.5 Å². The molecule has 0 aliphatic rings. The topological polar surface area (TPSA) is 61.6 Å². The van der Waals surface area contributed by atoms with E-state index in [-0.39, 0.29) is 19.0 Å². The standard InChI is InChI=1S/C15H14FNO3/c16-12-6-2-1-5-11(12)9-19-13-7-3-4-8-14(13)20-10-15(17)18/h1-8H,9-10H2,(H2,17,18). The summed E-state index contributed by atoms with van der Waals surface area (Å²) in [5.41, 5.74) is 5.46. The van der Waals surface area contributed by atoms with Crippen LogP contribution in [0.2, 0.25) is 0 Å². The van der Waals surface area contributed by atoms with Gasteiger partial charge in [0.1, 0.15) is 12.4 Å². The van der Waals surface area contributed by atoms with Crippen LogP contribution in [0.25, 0.3) is 0 Å². The molecule has 0 aromatic heterocycles. The van der Waals surface area contributed by atoms with Gasteiger partial charge in [-0.05, 0) is 18.2 Å². The first-order valence-electron chi connectivity index (χ1n) is 6.03. The second-order valence-corrected chi connectivity index (χ2v) is 4.08. The Morgan fingerprint density at radius 2 is 1.60 bits per heavy atom. The summed E-state index contributed by atoms with van der Waals surface area (Å²) in [5.74, 6) is -0.0865. The summed E-state index contributed by atoms with van der Waals surface area (Å²) in [6.07, 6.45) is 0. The van der Waals surface area contributed by atoms with Gasteiger partial charge >= 0.3 is 0 Å². The molecule has 104 valence electrons. The Kier molecular flexibility index (Phi) is 4.55. The molecule has 0 radical (unpaired) electrons. The van der Waals surface area contributed by atoms with Crippen LogP contribution in [0.4, 0.5) is 4.39 Å². The second kappa shape index (κ2) is 6.56. The minimum absolute atomic E-state index is 0.0730. The van der Waals surface area contributed by atoms with Gasteiger partial charge in [0.2, 0.25) is 0 Å². The Labute approximate surface area is 115 Å². The lowest BCUT2D eigenvalue weighted by atomic mass is 10.2. The van der Waals surface area contributed by atoms with Gasteiger partial charge in [0, 0.05) is 5.56 Å². The van der Waals surface area contributed by atoms with Crippen molar-refractivity contribution in [2.75, 3.05) is 6.61 Å². The zero-order valence-electron chi connectivity index (χ0n) is 10.7. The number of hydrogen-bond acceptors (Lipinski definition) is 3. The van der Waals surface area contributed by atoms with Gasteiger partial charge in [0.25, 0.3) is 5.91 Å². The number of nitrogens with two attached hydrogens (primary N) is 1. The largest absolute Gasteiger partial charge is 0.485 e. The molecule has 0 spiro atoms. The SMILES string of the molecule is NC(=O)COc1ccccc1OCc1ccccc1F. The zero-order valence-corrected chi connectivity index (χ0v) is 10.7. The van der Waals surface area contributed by atoms with Crippen LogP contribution in [0, 0.1) is 5.82 Å². The molecule has 2 rings (SSSR count). The molecule has 0 saturated carbocycles. The number of para-hydroxylation sites is 2. The van der Waals surface area contributed by atoms with Gasteiger partial charge < -0.3 is 15.2 Å². The molecule has 0 heterocycles. The molecule has 0 aliphatic carbocycles. The Bertz CT molecular complexity index is 601. The van der Waals surface area contributed by atoms with Crippen molar-refractivity contribution in [2.24, 2.45) is 5.73 Å². The number of hydrogen-bond donors (Lipinski definition) is 1. The maximum absolute atomic E-state index is 13.5. The number of benzene rings is 2. The number of halogens is 1. The first-order valence-corrected chi connectivity index (χ1v) is 6.03. The molecular formula is C15H14FNO3. The van der Waals surface area contributed by atoms with Gasteiger partial charge in [-0.25, -0.2) is 4.39 Å². The minimum Gasteiger partial charge on any atom is -0.485 e. The fraction of sp³-hybridized carbons (Fsp3) is 0.133. The van der Waals surface area contributed by atoms with Gasteiger partial charge in [0.05, 0.1) is 0 Å². The van der Waals surface area contributed by atoms with Gasteiger partial charge in [-0.15, -0.1) is 0 Å². The van der Waals surface area contributed by atoms with E-state index >= 15 is 0 Å². The van der Waals surface area contributed by atoms with Gasteiger partial charge in [-0.1, -0.05) is 30.3 Å². The van der Waals surface area contributed by atoms with Gasteiger partial charge in [0.15, 0.2) is 18.1 Å². The van der Waals surface area contributed by atoms with E-state index < -0.39 is 5.91 Å². The number of ether oxygens (including phenoxy) is 2. The summed E-state index contributed by atoms with van der Waals surface area (Å²) >= 11 is 0. The summed E-state index contributed by atoms with van der Waals surface area (Å²) in [7, 11) is 0. The van der Waals surface area contributed by atoms with Crippen molar-refractivity contribution in [1.82, 2.24) is 0 Å². The van der Waals surface area contributed by atoms with E-state index in [9.17, 15) is 9.18 Å². The zero-order chi connectivity index (χ0) is 14.4. The monoisotopic (exact) mass is 275 g/mol. The Morgan fingerprint density at radius 1 is 1.00 bits per heavy atom. The van der Waals surface area contributed by atoms with Crippen LogP contribution in [-0.2, 0) is 11.4 Å². The van der Waals surface area contributed by atoms with Crippen molar-refractivity contribution in [3.63, 3.8) is 0 Å². The lowest BCUT2D eigenvalue weighted by Gasteiger charge is -2.12. The van der Waals surface area contributed by atoms with Crippen LogP contribution < -0.4 is 15.2 Å². The second-order valence-electron chi connectivity index (χ2n) is 4.08. The van der Waals surface area contributed by atoms with Crippen LogP contribution in [0.1, 0.15) is 5.56 Å². The number of carbonyl (C=O) groups is 1. The molecule has 0 atom stereocenters. The Morgan fingerprint density at radius 3 is 2.25 bits per heavy atom. The third-order valence-corrected chi connectivity index (χ3v) is 2.56. The van der Waals surface area contributed by atoms with Crippen molar-refractivity contribution >= 4 is 5.91 Å². The predicted octanol–water partition coefficient (Wildman–Crippen LogP) is 2.27. The number of amides is 1. The molecule has 0 unspecified atom stereocenters. The highest BCUT2D eigenvalue weighted by molar-refractivity contribution is 5.75. The van der Waals surface area contributed by atoms with Gasteiger partial charge in [-0.3, -0.25) is 4.79 Å². The van der Waals surface area contributed by atoms with Crippen LogP contribution in [-0.4, -0.2) is 12.5 Å². The summed E-state index contributed by atoms with van der Waals surface area (Å²) in [6.45, 7) is -0.163. The number of carbonyl (C=O) groups excluding carboxylic acids is 1. The van der Waals surface area contributed by atoms with E-state index in [2.05, 4.69) is 0 Å². The minimum atomic E-state index is -0.575. The smallest absolute Gasteiger partial charge is 0.255 e. The van der Waals surface area contributed by atoms with Crippen molar-refractivity contribution in [2.45, 2.75) is 6.61 Å². The van der Waals surface area contributed by atoms with E-state index in [1.807, 2.05) is 0 Å². The third kappa shape index (κ3) is 3.71. The fourth-order valence-electron chi connectivity index (χ4n) is 1.61. The van der Waals surface area contributed by atoms with E-state index in [1.165, 1.54) is 6.07 Å². The highest BCUT2D eigenvalue weighted by Crippen LogP contribution is 2.27. The van der Waals surface area contributed by atoms with Crippen molar-refractivity contribution in [1.29, 1.82) is 0 Å². The van der Waals surface area contributed by atoms with Crippen LogP contribution >= 0.6 is 0 Å². The third-order valence-electron chi connectivity index (χ3n) is 2.56. The molecule has 5 heteroatoms. The maximum Gasteiger partial charge on any atom is 0.255 e. The normalized spacial score (nSPS) is 10.1. The molecule has 0 bridgehead atoms. The molecule has 1 amide bonds.